The lowest BCUT2D eigenvalue weighted by atomic mass is 10.0. The van der Waals surface area contributed by atoms with Crippen LogP contribution in [0.4, 0.5) is 10.3 Å². The van der Waals surface area contributed by atoms with Gasteiger partial charge in [0.15, 0.2) is 0 Å². The number of aromatic nitrogens is 1. The van der Waals surface area contributed by atoms with Gasteiger partial charge in [0.2, 0.25) is 5.88 Å². The molecule has 0 saturated heterocycles. The van der Waals surface area contributed by atoms with Crippen LogP contribution in [0.15, 0.2) is 51.5 Å². The van der Waals surface area contributed by atoms with E-state index in [1.165, 1.54) is 12.1 Å². The Balaban J connectivity index is 2.21. The number of halogens is 3. The lowest BCUT2D eigenvalue weighted by Gasteiger charge is -2.04. The van der Waals surface area contributed by atoms with Crippen molar-refractivity contribution in [3.8, 4) is 22.4 Å². The highest BCUT2D eigenvalue weighted by molar-refractivity contribution is 9.10. The number of nitrogen functional groups attached to an aromatic ring is 1. The zero-order valence-corrected chi connectivity index (χ0v) is 13.0. The van der Waals surface area contributed by atoms with Crippen molar-refractivity contribution in [2.75, 3.05) is 5.73 Å². The Morgan fingerprint density at radius 2 is 1.95 bits per heavy atom. The van der Waals surface area contributed by atoms with E-state index in [0.717, 1.165) is 5.56 Å². The summed E-state index contributed by atoms with van der Waals surface area (Å²) in [5.74, 6) is -0.217. The second-order valence-corrected chi connectivity index (χ2v) is 5.79. The summed E-state index contributed by atoms with van der Waals surface area (Å²) in [4.78, 5) is 0. The molecule has 106 valence electrons. The number of hydrogen-bond donors (Lipinski definition) is 1. The first-order valence-electron chi connectivity index (χ1n) is 6.02. The third kappa shape index (κ3) is 2.80. The van der Waals surface area contributed by atoms with Crippen LogP contribution in [0.1, 0.15) is 0 Å². The number of nitrogens with two attached hydrogens (primary N) is 1. The van der Waals surface area contributed by atoms with Crippen LogP contribution in [0.2, 0.25) is 5.02 Å². The molecule has 0 atom stereocenters. The zero-order chi connectivity index (χ0) is 15.0. The van der Waals surface area contributed by atoms with Gasteiger partial charge in [-0.25, -0.2) is 4.39 Å². The first kappa shape index (κ1) is 14.1. The number of anilines is 1. The lowest BCUT2D eigenvalue weighted by molar-refractivity contribution is 0.439. The van der Waals surface area contributed by atoms with E-state index in [9.17, 15) is 4.39 Å². The first-order valence-corrected chi connectivity index (χ1v) is 7.19. The Morgan fingerprint density at radius 1 is 1.14 bits per heavy atom. The molecule has 6 heteroatoms. The molecular weight excluding hydrogens is 359 g/mol. The predicted molar refractivity (Wildman–Crippen MR) is 84.5 cm³/mol. The van der Waals surface area contributed by atoms with Crippen molar-refractivity contribution in [3.63, 3.8) is 0 Å². The highest BCUT2D eigenvalue weighted by atomic mass is 79.9. The summed E-state index contributed by atoms with van der Waals surface area (Å²) in [6.07, 6.45) is 0. The van der Waals surface area contributed by atoms with E-state index < -0.39 is 0 Å². The van der Waals surface area contributed by atoms with Gasteiger partial charge in [-0.05, 0) is 35.9 Å². The maximum atomic E-state index is 13.6. The van der Waals surface area contributed by atoms with Gasteiger partial charge >= 0.3 is 0 Å². The molecular formula is C15H9BrClFN2O. The molecule has 0 aliphatic rings. The Labute approximate surface area is 133 Å². The minimum Gasteiger partial charge on any atom is -0.367 e. The van der Waals surface area contributed by atoms with Crippen molar-refractivity contribution in [1.82, 2.24) is 5.16 Å². The second-order valence-electron chi connectivity index (χ2n) is 4.44. The minimum absolute atomic E-state index is 0.160. The van der Waals surface area contributed by atoms with Gasteiger partial charge in [-0.1, -0.05) is 44.8 Å². The molecule has 2 aromatic carbocycles. The van der Waals surface area contributed by atoms with Crippen molar-refractivity contribution in [1.29, 1.82) is 0 Å². The van der Waals surface area contributed by atoms with Crippen LogP contribution in [-0.4, -0.2) is 5.16 Å². The standard InChI is InChI=1S/C15H9BrClFN2O/c16-10-4-9(6-12(18)7-10)14-13(15(19)21-20-14)8-2-1-3-11(17)5-8/h1-7H,19H2. The molecule has 21 heavy (non-hydrogen) atoms. The predicted octanol–water partition coefficient (Wildman–Crippen LogP) is 5.15. The van der Waals surface area contributed by atoms with Crippen molar-refractivity contribution >= 4 is 33.4 Å². The van der Waals surface area contributed by atoms with Crippen LogP contribution in [0.5, 0.6) is 0 Å². The molecule has 0 bridgehead atoms. The fourth-order valence-corrected chi connectivity index (χ4v) is 2.77. The van der Waals surface area contributed by atoms with Gasteiger partial charge in [0.25, 0.3) is 0 Å². The van der Waals surface area contributed by atoms with Gasteiger partial charge in [0.1, 0.15) is 11.5 Å². The van der Waals surface area contributed by atoms with Gasteiger partial charge < -0.3 is 10.3 Å². The number of hydrogen-bond acceptors (Lipinski definition) is 3. The number of benzene rings is 2. The summed E-state index contributed by atoms with van der Waals surface area (Å²) in [6.45, 7) is 0. The SMILES string of the molecule is Nc1onc(-c2cc(F)cc(Br)c2)c1-c1cccc(Cl)c1. The lowest BCUT2D eigenvalue weighted by Crippen LogP contribution is -1.88. The smallest absolute Gasteiger partial charge is 0.230 e. The van der Waals surface area contributed by atoms with Crippen LogP contribution >= 0.6 is 27.5 Å². The van der Waals surface area contributed by atoms with Crippen molar-refractivity contribution in [2.24, 2.45) is 0 Å². The third-order valence-corrected chi connectivity index (χ3v) is 3.66. The van der Waals surface area contributed by atoms with Crippen molar-refractivity contribution in [3.05, 3.63) is 57.8 Å². The Kier molecular flexibility index (Phi) is 3.69. The van der Waals surface area contributed by atoms with Gasteiger partial charge in [-0.3, -0.25) is 0 Å². The molecule has 0 radical (unpaired) electrons. The molecule has 0 fully saturated rings. The van der Waals surface area contributed by atoms with Crippen molar-refractivity contribution < 1.29 is 8.91 Å². The summed E-state index contributed by atoms with van der Waals surface area (Å²) in [7, 11) is 0. The molecule has 0 saturated carbocycles. The topological polar surface area (TPSA) is 52.0 Å². The molecule has 0 spiro atoms. The molecule has 0 aliphatic carbocycles. The Morgan fingerprint density at radius 3 is 2.67 bits per heavy atom. The van der Waals surface area contributed by atoms with Crippen LogP contribution in [0.25, 0.3) is 22.4 Å². The number of rotatable bonds is 2. The van der Waals surface area contributed by atoms with E-state index in [4.69, 9.17) is 21.9 Å². The van der Waals surface area contributed by atoms with Crippen LogP contribution < -0.4 is 5.73 Å². The van der Waals surface area contributed by atoms with Gasteiger partial charge in [0, 0.05) is 15.1 Å². The van der Waals surface area contributed by atoms with Crippen LogP contribution in [0, 0.1) is 5.82 Å². The quantitative estimate of drug-likeness (QED) is 0.682. The maximum absolute atomic E-state index is 13.6. The van der Waals surface area contributed by atoms with Crippen LogP contribution in [0.3, 0.4) is 0 Å². The average molecular weight is 368 g/mol. The fraction of sp³-hybridized carbons (Fsp3) is 0. The fourth-order valence-electron chi connectivity index (χ4n) is 2.11. The van der Waals surface area contributed by atoms with E-state index in [2.05, 4.69) is 21.1 Å². The minimum atomic E-state index is -0.377. The van der Waals surface area contributed by atoms with E-state index in [0.29, 0.717) is 26.3 Å². The summed E-state index contributed by atoms with van der Waals surface area (Å²) in [5, 5.41) is 4.51. The van der Waals surface area contributed by atoms with Gasteiger partial charge in [-0.2, -0.15) is 0 Å². The average Bonchev–Trinajstić information content (AvgIpc) is 2.79. The number of nitrogens with zero attached hydrogens (tertiary/aromatic N) is 1. The summed E-state index contributed by atoms with van der Waals surface area (Å²) < 4.78 is 19.3. The highest BCUT2D eigenvalue weighted by Gasteiger charge is 2.18. The molecule has 0 unspecified atom stereocenters. The van der Waals surface area contributed by atoms with E-state index in [1.807, 2.05) is 6.07 Å². The largest absolute Gasteiger partial charge is 0.367 e. The summed E-state index contributed by atoms with van der Waals surface area (Å²) >= 11 is 9.26. The molecule has 0 amide bonds. The normalized spacial score (nSPS) is 10.8. The van der Waals surface area contributed by atoms with Crippen molar-refractivity contribution in [2.45, 2.75) is 0 Å². The maximum Gasteiger partial charge on any atom is 0.230 e. The van der Waals surface area contributed by atoms with Gasteiger partial charge in [-0.15, -0.1) is 0 Å². The summed E-state index contributed by atoms with van der Waals surface area (Å²) in [5.41, 5.74) is 8.25. The molecule has 3 nitrogen and oxygen atoms in total. The Bertz CT molecular complexity index is 799. The Hall–Kier alpha value is -1.85. The summed E-state index contributed by atoms with van der Waals surface area (Å²) in [6, 6.07) is 11.6. The van der Waals surface area contributed by atoms with Crippen LogP contribution in [-0.2, 0) is 0 Å². The second kappa shape index (κ2) is 5.50. The van der Waals surface area contributed by atoms with E-state index in [1.54, 1.807) is 24.3 Å². The monoisotopic (exact) mass is 366 g/mol. The van der Waals surface area contributed by atoms with E-state index >= 15 is 0 Å². The first-order chi connectivity index (χ1) is 10.0. The molecule has 1 aromatic heterocycles. The highest BCUT2D eigenvalue weighted by Crippen LogP contribution is 2.37. The molecule has 3 rings (SSSR count). The molecule has 2 N–H and O–H groups in total. The van der Waals surface area contributed by atoms with E-state index in [-0.39, 0.29) is 11.7 Å². The molecule has 3 aromatic rings. The molecule has 0 aliphatic heterocycles. The van der Waals surface area contributed by atoms with Gasteiger partial charge in [0.05, 0.1) is 5.56 Å². The molecule has 1 heterocycles. The zero-order valence-electron chi connectivity index (χ0n) is 10.6. The third-order valence-electron chi connectivity index (χ3n) is 2.97.